The van der Waals surface area contributed by atoms with Crippen LogP contribution in [0.1, 0.15) is 44.4 Å². The van der Waals surface area contributed by atoms with Crippen LogP contribution in [-0.4, -0.2) is 12.1 Å². The van der Waals surface area contributed by atoms with Crippen molar-refractivity contribution in [3.8, 4) is 6.07 Å². The molecule has 0 radical (unpaired) electrons. The number of hydrogen-bond acceptors (Lipinski definition) is 2. The molecule has 28 heavy (non-hydrogen) atoms. The lowest BCUT2D eigenvalue weighted by atomic mass is 9.87. The minimum Gasteiger partial charge on any atom is -0.363 e. The minimum absolute atomic E-state index is 0.0822. The van der Waals surface area contributed by atoms with Gasteiger partial charge in [-0.3, -0.25) is 0 Å². The van der Waals surface area contributed by atoms with Crippen LogP contribution in [-0.2, 0) is 0 Å². The molecule has 1 aliphatic heterocycles. The number of hydrogen-bond donors (Lipinski definition) is 0. The predicted molar refractivity (Wildman–Crippen MR) is 122 cm³/mol. The van der Waals surface area contributed by atoms with E-state index in [1.165, 1.54) is 5.57 Å². The van der Waals surface area contributed by atoms with E-state index in [0.717, 1.165) is 23.4 Å². The molecule has 2 aromatic rings. The van der Waals surface area contributed by atoms with Gasteiger partial charge in [-0.05, 0) is 69.2 Å². The van der Waals surface area contributed by atoms with Crippen molar-refractivity contribution in [1.29, 1.82) is 5.26 Å². The SMILES string of the molecule is CCN1c2cc(Cl)c(/C=C(\C#N)c3ccc(Cl)cc3Cl)cc2C(C)=CC1(C)C. The molecule has 1 heterocycles. The molecule has 144 valence electrons. The molecule has 2 nitrogen and oxygen atoms in total. The number of nitriles is 1. The molecule has 0 aromatic heterocycles. The first-order valence-electron chi connectivity index (χ1n) is 9.06. The van der Waals surface area contributed by atoms with E-state index >= 15 is 0 Å². The van der Waals surface area contributed by atoms with E-state index in [9.17, 15) is 5.26 Å². The summed E-state index contributed by atoms with van der Waals surface area (Å²) in [5.74, 6) is 0. The number of halogens is 3. The fraction of sp³-hybridized carbons (Fsp3) is 0.261. The average Bonchev–Trinajstić information content (AvgIpc) is 2.60. The fourth-order valence-corrected chi connectivity index (χ4v) is 4.56. The molecule has 0 fully saturated rings. The molecule has 0 unspecified atom stereocenters. The fourth-order valence-electron chi connectivity index (χ4n) is 3.84. The Morgan fingerprint density at radius 2 is 1.86 bits per heavy atom. The highest BCUT2D eigenvalue weighted by Gasteiger charge is 2.30. The molecule has 0 amide bonds. The first-order chi connectivity index (χ1) is 13.2. The topological polar surface area (TPSA) is 27.0 Å². The second-order valence-electron chi connectivity index (χ2n) is 7.41. The smallest absolute Gasteiger partial charge is 0.0998 e. The van der Waals surface area contributed by atoms with E-state index in [1.54, 1.807) is 24.3 Å². The third-order valence-corrected chi connectivity index (χ3v) is 5.93. The molecule has 0 atom stereocenters. The second kappa shape index (κ2) is 7.84. The van der Waals surface area contributed by atoms with Gasteiger partial charge in [0.2, 0.25) is 0 Å². The quantitative estimate of drug-likeness (QED) is 0.367. The lowest BCUT2D eigenvalue weighted by Crippen LogP contribution is -2.44. The number of rotatable bonds is 3. The lowest BCUT2D eigenvalue weighted by Gasteiger charge is -2.43. The molecule has 3 rings (SSSR count). The van der Waals surface area contributed by atoms with Gasteiger partial charge in [0.1, 0.15) is 0 Å². The zero-order valence-electron chi connectivity index (χ0n) is 16.3. The largest absolute Gasteiger partial charge is 0.363 e. The number of anilines is 1. The van der Waals surface area contributed by atoms with Gasteiger partial charge in [0.05, 0.1) is 22.2 Å². The highest BCUT2D eigenvalue weighted by molar-refractivity contribution is 6.36. The number of fused-ring (bicyclic) bond motifs is 1. The van der Waals surface area contributed by atoms with Gasteiger partial charge in [-0.15, -0.1) is 0 Å². The van der Waals surface area contributed by atoms with Gasteiger partial charge in [-0.25, -0.2) is 0 Å². The summed E-state index contributed by atoms with van der Waals surface area (Å²) in [7, 11) is 0. The van der Waals surface area contributed by atoms with Crippen molar-refractivity contribution < 1.29 is 0 Å². The van der Waals surface area contributed by atoms with Gasteiger partial charge in [-0.1, -0.05) is 46.9 Å². The summed E-state index contributed by atoms with van der Waals surface area (Å²) in [6, 6.07) is 11.4. The van der Waals surface area contributed by atoms with E-state index in [1.807, 2.05) is 12.1 Å². The Balaban J connectivity index is 2.16. The van der Waals surface area contributed by atoms with Crippen LogP contribution in [0.5, 0.6) is 0 Å². The highest BCUT2D eigenvalue weighted by Crippen LogP contribution is 2.42. The van der Waals surface area contributed by atoms with Crippen molar-refractivity contribution >= 4 is 57.7 Å². The average molecular weight is 432 g/mol. The van der Waals surface area contributed by atoms with E-state index in [0.29, 0.717) is 26.2 Å². The van der Waals surface area contributed by atoms with Gasteiger partial charge < -0.3 is 4.90 Å². The first-order valence-corrected chi connectivity index (χ1v) is 10.2. The highest BCUT2D eigenvalue weighted by atomic mass is 35.5. The van der Waals surface area contributed by atoms with E-state index in [-0.39, 0.29) is 5.54 Å². The lowest BCUT2D eigenvalue weighted by molar-refractivity contribution is 0.566. The van der Waals surface area contributed by atoms with Crippen molar-refractivity contribution in [1.82, 2.24) is 0 Å². The maximum Gasteiger partial charge on any atom is 0.0998 e. The summed E-state index contributed by atoms with van der Waals surface area (Å²) in [5.41, 5.74) is 5.19. The van der Waals surface area contributed by atoms with Crippen molar-refractivity contribution in [2.75, 3.05) is 11.4 Å². The van der Waals surface area contributed by atoms with Gasteiger partial charge in [-0.2, -0.15) is 5.26 Å². The summed E-state index contributed by atoms with van der Waals surface area (Å²) in [6.07, 6.45) is 4.04. The summed E-state index contributed by atoms with van der Waals surface area (Å²) >= 11 is 18.9. The Bertz CT molecular complexity index is 1040. The number of nitrogens with zero attached hydrogens (tertiary/aromatic N) is 2. The number of benzene rings is 2. The van der Waals surface area contributed by atoms with E-state index < -0.39 is 0 Å². The molecule has 0 N–H and O–H groups in total. The third kappa shape index (κ3) is 3.80. The maximum absolute atomic E-state index is 9.69. The Morgan fingerprint density at radius 1 is 1.14 bits per heavy atom. The van der Waals surface area contributed by atoms with Crippen LogP contribution in [0.25, 0.3) is 17.2 Å². The predicted octanol–water partition coefficient (Wildman–Crippen LogP) is 7.73. The van der Waals surface area contributed by atoms with Crippen LogP contribution in [0, 0.1) is 11.3 Å². The zero-order valence-corrected chi connectivity index (χ0v) is 18.5. The second-order valence-corrected chi connectivity index (χ2v) is 8.66. The van der Waals surface area contributed by atoms with Gasteiger partial charge in [0, 0.05) is 33.4 Å². The molecule has 0 saturated heterocycles. The summed E-state index contributed by atoms with van der Waals surface area (Å²) < 4.78 is 0. The Kier molecular flexibility index (Phi) is 5.82. The van der Waals surface area contributed by atoms with Crippen molar-refractivity contribution in [3.63, 3.8) is 0 Å². The van der Waals surface area contributed by atoms with Gasteiger partial charge in [0.15, 0.2) is 0 Å². The van der Waals surface area contributed by atoms with Crippen LogP contribution >= 0.6 is 34.8 Å². The Hall–Kier alpha value is -1.92. The Morgan fingerprint density at radius 3 is 2.46 bits per heavy atom. The van der Waals surface area contributed by atoms with Crippen LogP contribution in [0.3, 0.4) is 0 Å². The normalized spacial score (nSPS) is 15.7. The first kappa shape index (κ1) is 20.8. The van der Waals surface area contributed by atoms with Crippen molar-refractivity contribution in [3.05, 3.63) is 68.2 Å². The molecular formula is C23H21Cl3N2. The molecule has 5 heteroatoms. The van der Waals surface area contributed by atoms with Crippen LogP contribution in [0.2, 0.25) is 15.1 Å². The standard InChI is InChI=1S/C23H21Cl3N2/c1-5-28-22-11-20(25)15(9-19(22)14(2)12-23(28,3)4)8-16(13-27)18-7-6-17(24)10-21(18)26/h6-12H,5H2,1-4H3/b16-8+. The monoisotopic (exact) mass is 430 g/mol. The molecule has 0 spiro atoms. The number of allylic oxidation sites excluding steroid dienone is 2. The molecular weight excluding hydrogens is 411 g/mol. The molecule has 1 aliphatic rings. The zero-order chi connectivity index (χ0) is 20.6. The maximum atomic E-state index is 9.69. The molecule has 0 saturated carbocycles. The summed E-state index contributed by atoms with van der Waals surface area (Å²) in [5, 5.41) is 11.3. The van der Waals surface area contributed by atoms with Gasteiger partial charge in [0.25, 0.3) is 0 Å². The van der Waals surface area contributed by atoms with E-state index in [4.69, 9.17) is 34.8 Å². The van der Waals surface area contributed by atoms with Crippen LogP contribution < -0.4 is 4.90 Å². The minimum atomic E-state index is -0.0822. The Labute approximate surface area is 181 Å². The van der Waals surface area contributed by atoms with Crippen molar-refractivity contribution in [2.45, 2.75) is 33.2 Å². The molecule has 0 aliphatic carbocycles. The van der Waals surface area contributed by atoms with Gasteiger partial charge >= 0.3 is 0 Å². The molecule has 0 bridgehead atoms. The van der Waals surface area contributed by atoms with E-state index in [2.05, 4.69) is 44.7 Å². The van der Waals surface area contributed by atoms with Crippen LogP contribution in [0.4, 0.5) is 5.69 Å². The molecule has 2 aromatic carbocycles. The summed E-state index contributed by atoms with van der Waals surface area (Å²) in [6.45, 7) is 9.51. The van der Waals surface area contributed by atoms with Crippen LogP contribution in [0.15, 0.2) is 36.4 Å². The summed E-state index contributed by atoms with van der Waals surface area (Å²) in [4.78, 5) is 2.33. The third-order valence-electron chi connectivity index (χ3n) is 5.05. The van der Waals surface area contributed by atoms with Crippen molar-refractivity contribution in [2.24, 2.45) is 0 Å². The number of likely N-dealkylation sites (N-methyl/N-ethyl adjacent to an activating group) is 1.